The number of halogens is 1. The van der Waals surface area contributed by atoms with Crippen molar-refractivity contribution in [3.63, 3.8) is 0 Å². The molecule has 0 fully saturated rings. The summed E-state index contributed by atoms with van der Waals surface area (Å²) in [7, 11) is -3.75. The molecule has 5 heteroatoms. The summed E-state index contributed by atoms with van der Waals surface area (Å²) in [5.74, 6) is 5.54. The molecule has 0 aromatic heterocycles. The Hall–Kier alpha value is -1.61. The lowest BCUT2D eigenvalue weighted by Gasteiger charge is -2.02. The van der Waals surface area contributed by atoms with Crippen LogP contribution in [0.3, 0.4) is 0 Å². The molecule has 0 N–H and O–H groups in total. The van der Waals surface area contributed by atoms with Crippen LogP contribution in [-0.4, -0.2) is 15.0 Å². The van der Waals surface area contributed by atoms with Gasteiger partial charge in [-0.1, -0.05) is 45.5 Å². The zero-order valence-electron chi connectivity index (χ0n) is 11.3. The second-order valence-electron chi connectivity index (χ2n) is 4.34. The Labute approximate surface area is 133 Å². The first-order valence-corrected chi connectivity index (χ1v) is 8.38. The van der Waals surface area contributed by atoms with E-state index in [-0.39, 0.29) is 11.5 Å². The topological polar surface area (TPSA) is 43.4 Å². The average molecular weight is 365 g/mol. The molecule has 3 nitrogen and oxygen atoms in total. The third kappa shape index (κ3) is 4.71. The van der Waals surface area contributed by atoms with Crippen LogP contribution < -0.4 is 0 Å². The summed E-state index contributed by atoms with van der Waals surface area (Å²) in [6, 6.07) is 13.9. The van der Waals surface area contributed by atoms with Crippen LogP contribution in [0.15, 0.2) is 57.9 Å². The SMILES string of the molecule is Cc1ccc(S(=O)(=O)OCC#Cc2ccc(Br)cc2)cc1. The van der Waals surface area contributed by atoms with E-state index in [4.69, 9.17) is 4.18 Å². The highest BCUT2D eigenvalue weighted by molar-refractivity contribution is 9.10. The first kappa shape index (κ1) is 15.8. The predicted octanol–water partition coefficient (Wildman–Crippen LogP) is 3.51. The molecule has 0 aliphatic carbocycles. The van der Waals surface area contributed by atoms with Crippen LogP contribution in [0.4, 0.5) is 0 Å². The quantitative estimate of drug-likeness (QED) is 0.618. The minimum absolute atomic E-state index is 0.138. The predicted molar refractivity (Wildman–Crippen MR) is 85.3 cm³/mol. The smallest absolute Gasteiger partial charge is 0.253 e. The van der Waals surface area contributed by atoms with Gasteiger partial charge < -0.3 is 0 Å². The monoisotopic (exact) mass is 364 g/mol. The number of benzene rings is 2. The minimum atomic E-state index is -3.75. The summed E-state index contributed by atoms with van der Waals surface area (Å²) in [5.41, 5.74) is 1.79. The normalized spacial score (nSPS) is 10.8. The third-order valence-corrected chi connectivity index (χ3v) is 4.48. The van der Waals surface area contributed by atoms with Crippen molar-refractivity contribution >= 4 is 26.0 Å². The van der Waals surface area contributed by atoms with Gasteiger partial charge in [0.05, 0.1) is 4.90 Å². The van der Waals surface area contributed by atoms with E-state index in [1.807, 2.05) is 31.2 Å². The number of hydrogen-bond acceptors (Lipinski definition) is 3. The molecular weight excluding hydrogens is 352 g/mol. The molecule has 108 valence electrons. The van der Waals surface area contributed by atoms with Crippen LogP contribution in [-0.2, 0) is 14.3 Å². The summed E-state index contributed by atoms with van der Waals surface area (Å²) < 4.78 is 29.7. The van der Waals surface area contributed by atoms with Gasteiger partial charge in [0.1, 0.15) is 6.61 Å². The van der Waals surface area contributed by atoms with Crippen molar-refractivity contribution in [1.29, 1.82) is 0 Å². The Morgan fingerprint density at radius 1 is 1.05 bits per heavy atom. The van der Waals surface area contributed by atoms with Gasteiger partial charge >= 0.3 is 0 Å². The maximum absolute atomic E-state index is 11.9. The van der Waals surface area contributed by atoms with E-state index in [0.29, 0.717) is 0 Å². The molecule has 0 aliphatic heterocycles. The van der Waals surface area contributed by atoms with E-state index < -0.39 is 10.1 Å². The van der Waals surface area contributed by atoms with E-state index in [0.717, 1.165) is 15.6 Å². The second-order valence-corrected chi connectivity index (χ2v) is 6.87. The standard InChI is InChI=1S/C16H13BrO3S/c1-13-4-10-16(11-5-13)21(18,19)20-12-2-3-14-6-8-15(17)9-7-14/h4-11H,12H2,1H3. The number of hydrogen-bond donors (Lipinski definition) is 0. The maximum atomic E-state index is 11.9. The summed E-state index contributed by atoms with van der Waals surface area (Å²) in [6.07, 6.45) is 0. The van der Waals surface area contributed by atoms with Gasteiger partial charge in [-0.2, -0.15) is 8.42 Å². The van der Waals surface area contributed by atoms with Crippen molar-refractivity contribution in [2.24, 2.45) is 0 Å². The first-order valence-electron chi connectivity index (χ1n) is 6.18. The van der Waals surface area contributed by atoms with Crippen LogP contribution in [0.2, 0.25) is 0 Å². The van der Waals surface area contributed by atoms with E-state index in [1.54, 1.807) is 12.1 Å². The lowest BCUT2D eigenvalue weighted by atomic mass is 10.2. The molecule has 0 radical (unpaired) electrons. The maximum Gasteiger partial charge on any atom is 0.297 e. The van der Waals surface area contributed by atoms with Gasteiger partial charge in [-0.25, -0.2) is 0 Å². The summed E-state index contributed by atoms with van der Waals surface area (Å²) in [4.78, 5) is 0.138. The Kier molecular flexibility index (Phi) is 5.18. The molecule has 0 heterocycles. The van der Waals surface area contributed by atoms with Crippen LogP contribution in [0.5, 0.6) is 0 Å². The highest BCUT2D eigenvalue weighted by Gasteiger charge is 2.13. The van der Waals surface area contributed by atoms with Crippen molar-refractivity contribution in [3.05, 3.63) is 64.1 Å². The van der Waals surface area contributed by atoms with Gasteiger partial charge in [0.15, 0.2) is 0 Å². The largest absolute Gasteiger partial charge is 0.297 e. The Bertz CT molecular complexity index is 767. The summed E-state index contributed by atoms with van der Waals surface area (Å²) in [5, 5.41) is 0. The van der Waals surface area contributed by atoms with Gasteiger partial charge in [0.25, 0.3) is 10.1 Å². The molecule has 21 heavy (non-hydrogen) atoms. The van der Waals surface area contributed by atoms with Crippen molar-refractivity contribution in [2.45, 2.75) is 11.8 Å². The van der Waals surface area contributed by atoms with Gasteiger partial charge in [0.2, 0.25) is 0 Å². The Balaban J connectivity index is 2.00. The molecule has 0 spiro atoms. The van der Waals surface area contributed by atoms with Crippen molar-refractivity contribution in [2.75, 3.05) is 6.61 Å². The van der Waals surface area contributed by atoms with E-state index in [2.05, 4.69) is 27.8 Å². The van der Waals surface area contributed by atoms with Gasteiger partial charge in [-0.3, -0.25) is 4.18 Å². The zero-order valence-corrected chi connectivity index (χ0v) is 13.7. The highest BCUT2D eigenvalue weighted by Crippen LogP contribution is 2.13. The number of aryl methyl sites for hydroxylation is 1. The fourth-order valence-corrected chi connectivity index (χ4v) is 2.64. The molecule has 0 saturated carbocycles. The molecule has 2 aromatic rings. The van der Waals surface area contributed by atoms with Crippen LogP contribution in [0.25, 0.3) is 0 Å². The fourth-order valence-electron chi connectivity index (χ4n) is 1.55. The lowest BCUT2D eigenvalue weighted by molar-refractivity contribution is 0.363. The number of rotatable bonds is 3. The summed E-state index contributed by atoms with van der Waals surface area (Å²) in [6.45, 7) is 1.72. The van der Waals surface area contributed by atoms with Gasteiger partial charge in [-0.15, -0.1) is 0 Å². The van der Waals surface area contributed by atoms with E-state index >= 15 is 0 Å². The Morgan fingerprint density at radius 3 is 2.29 bits per heavy atom. The first-order chi connectivity index (χ1) is 9.97. The van der Waals surface area contributed by atoms with Crippen molar-refractivity contribution in [3.8, 4) is 11.8 Å². The molecule has 2 aromatic carbocycles. The molecular formula is C16H13BrO3S. The van der Waals surface area contributed by atoms with Crippen LogP contribution >= 0.6 is 15.9 Å². The third-order valence-electron chi connectivity index (χ3n) is 2.67. The molecule has 0 amide bonds. The minimum Gasteiger partial charge on any atom is -0.253 e. The highest BCUT2D eigenvalue weighted by atomic mass is 79.9. The zero-order chi connectivity index (χ0) is 15.3. The van der Waals surface area contributed by atoms with Crippen LogP contribution in [0.1, 0.15) is 11.1 Å². The average Bonchev–Trinajstić information content (AvgIpc) is 2.46. The molecule has 0 bridgehead atoms. The fraction of sp³-hybridized carbons (Fsp3) is 0.125. The van der Waals surface area contributed by atoms with Crippen molar-refractivity contribution < 1.29 is 12.6 Å². The lowest BCUT2D eigenvalue weighted by Crippen LogP contribution is -2.06. The molecule has 0 unspecified atom stereocenters. The molecule has 2 rings (SSSR count). The van der Waals surface area contributed by atoms with E-state index in [1.165, 1.54) is 12.1 Å². The Morgan fingerprint density at radius 2 is 1.67 bits per heavy atom. The van der Waals surface area contributed by atoms with E-state index in [9.17, 15) is 8.42 Å². The van der Waals surface area contributed by atoms with Crippen molar-refractivity contribution in [1.82, 2.24) is 0 Å². The molecule has 0 atom stereocenters. The summed E-state index contributed by atoms with van der Waals surface area (Å²) >= 11 is 3.33. The van der Waals surface area contributed by atoms with Gasteiger partial charge in [-0.05, 0) is 43.3 Å². The van der Waals surface area contributed by atoms with Crippen LogP contribution in [0, 0.1) is 18.8 Å². The molecule has 0 saturated heterocycles. The van der Waals surface area contributed by atoms with Gasteiger partial charge in [0, 0.05) is 10.0 Å². The second kappa shape index (κ2) is 6.90. The molecule has 0 aliphatic rings.